The lowest BCUT2D eigenvalue weighted by Crippen LogP contribution is -2.04. The highest BCUT2D eigenvalue weighted by molar-refractivity contribution is 5.97. The lowest BCUT2D eigenvalue weighted by molar-refractivity contribution is 0.0692. The molecule has 0 aromatic carbocycles. The Kier molecular flexibility index (Phi) is 1.87. The molecule has 0 radical (unpaired) electrons. The van der Waals surface area contributed by atoms with Gasteiger partial charge in [0, 0.05) is 13.0 Å². The van der Waals surface area contributed by atoms with Crippen molar-refractivity contribution in [1.82, 2.24) is 9.78 Å². The SMILES string of the molecule is Cn1nc(C2CC2)c(C(=O)O)c1C=O. The van der Waals surface area contributed by atoms with Crippen LogP contribution < -0.4 is 0 Å². The maximum Gasteiger partial charge on any atom is 0.339 e. The first-order chi connectivity index (χ1) is 6.65. The van der Waals surface area contributed by atoms with Crippen molar-refractivity contribution in [2.45, 2.75) is 18.8 Å². The second kappa shape index (κ2) is 2.94. The zero-order valence-electron chi connectivity index (χ0n) is 7.73. The molecule has 5 nitrogen and oxygen atoms in total. The summed E-state index contributed by atoms with van der Waals surface area (Å²) in [7, 11) is 1.59. The Morgan fingerprint density at radius 2 is 2.29 bits per heavy atom. The maximum atomic E-state index is 10.9. The molecule has 14 heavy (non-hydrogen) atoms. The minimum absolute atomic E-state index is 0.0741. The molecule has 1 aliphatic carbocycles. The van der Waals surface area contributed by atoms with Crippen molar-refractivity contribution in [2.24, 2.45) is 7.05 Å². The topological polar surface area (TPSA) is 72.2 Å². The van der Waals surface area contributed by atoms with E-state index < -0.39 is 5.97 Å². The summed E-state index contributed by atoms with van der Waals surface area (Å²) in [5, 5.41) is 13.0. The monoisotopic (exact) mass is 194 g/mol. The maximum absolute atomic E-state index is 10.9. The first-order valence-corrected chi connectivity index (χ1v) is 4.40. The van der Waals surface area contributed by atoms with Gasteiger partial charge in [-0.05, 0) is 12.8 Å². The molecule has 1 N–H and O–H groups in total. The molecule has 1 saturated carbocycles. The van der Waals surface area contributed by atoms with Crippen LogP contribution in [0.25, 0.3) is 0 Å². The van der Waals surface area contributed by atoms with Gasteiger partial charge in [-0.15, -0.1) is 0 Å². The third-order valence-corrected chi connectivity index (χ3v) is 2.41. The number of hydrogen-bond acceptors (Lipinski definition) is 3. The number of nitrogens with zero attached hydrogens (tertiary/aromatic N) is 2. The van der Waals surface area contributed by atoms with E-state index in [1.807, 2.05) is 0 Å². The third-order valence-electron chi connectivity index (χ3n) is 2.41. The van der Waals surface area contributed by atoms with Crippen molar-refractivity contribution in [1.29, 1.82) is 0 Å². The fourth-order valence-electron chi connectivity index (χ4n) is 1.56. The Morgan fingerprint density at radius 1 is 1.64 bits per heavy atom. The summed E-state index contributed by atoms with van der Waals surface area (Å²) in [6.07, 6.45) is 2.48. The summed E-state index contributed by atoms with van der Waals surface area (Å²) in [6.45, 7) is 0. The molecule has 5 heteroatoms. The average molecular weight is 194 g/mol. The second-order valence-corrected chi connectivity index (χ2v) is 3.47. The van der Waals surface area contributed by atoms with Crippen LogP contribution in [0.4, 0.5) is 0 Å². The molecule has 0 atom stereocenters. The van der Waals surface area contributed by atoms with Gasteiger partial charge in [0.15, 0.2) is 6.29 Å². The van der Waals surface area contributed by atoms with Gasteiger partial charge < -0.3 is 5.11 Å². The van der Waals surface area contributed by atoms with Gasteiger partial charge in [0.2, 0.25) is 0 Å². The number of carbonyl (C=O) groups is 2. The summed E-state index contributed by atoms with van der Waals surface area (Å²) in [5.41, 5.74) is 0.784. The normalized spacial score (nSPS) is 15.5. The summed E-state index contributed by atoms with van der Waals surface area (Å²) in [5.74, 6) is -0.830. The molecule has 1 fully saturated rings. The van der Waals surface area contributed by atoms with Crippen LogP contribution in [0.1, 0.15) is 45.3 Å². The summed E-state index contributed by atoms with van der Waals surface area (Å²) < 4.78 is 1.34. The van der Waals surface area contributed by atoms with E-state index in [4.69, 9.17) is 5.11 Å². The number of carboxylic acid groups (broad SMARTS) is 1. The van der Waals surface area contributed by atoms with E-state index in [2.05, 4.69) is 5.10 Å². The third kappa shape index (κ3) is 1.21. The van der Waals surface area contributed by atoms with Crippen LogP contribution in [0.2, 0.25) is 0 Å². The van der Waals surface area contributed by atoms with Gasteiger partial charge in [-0.2, -0.15) is 5.10 Å². The zero-order chi connectivity index (χ0) is 10.3. The molecule has 1 aromatic heterocycles. The van der Waals surface area contributed by atoms with Gasteiger partial charge in [0.1, 0.15) is 11.3 Å². The van der Waals surface area contributed by atoms with Gasteiger partial charge in [-0.1, -0.05) is 0 Å². The van der Waals surface area contributed by atoms with Crippen molar-refractivity contribution in [2.75, 3.05) is 0 Å². The number of carboxylic acids is 1. The van der Waals surface area contributed by atoms with Crippen molar-refractivity contribution >= 4 is 12.3 Å². The highest BCUT2D eigenvalue weighted by atomic mass is 16.4. The number of aromatic carboxylic acids is 1. The van der Waals surface area contributed by atoms with Crippen molar-refractivity contribution in [3.05, 3.63) is 17.0 Å². The summed E-state index contributed by atoms with van der Waals surface area (Å²) in [6, 6.07) is 0. The Labute approximate surface area is 80.3 Å². The minimum Gasteiger partial charge on any atom is -0.478 e. The van der Waals surface area contributed by atoms with Crippen LogP contribution in [-0.4, -0.2) is 27.1 Å². The van der Waals surface area contributed by atoms with E-state index in [1.54, 1.807) is 7.05 Å². The molecule has 0 amide bonds. The van der Waals surface area contributed by atoms with Gasteiger partial charge in [-0.3, -0.25) is 9.48 Å². The van der Waals surface area contributed by atoms with E-state index in [-0.39, 0.29) is 17.2 Å². The fraction of sp³-hybridized carbons (Fsp3) is 0.444. The quantitative estimate of drug-likeness (QED) is 0.722. The predicted molar refractivity (Wildman–Crippen MR) is 47.5 cm³/mol. The van der Waals surface area contributed by atoms with E-state index in [0.29, 0.717) is 12.0 Å². The standard InChI is InChI=1S/C9H10N2O3/c1-11-6(4-12)7(9(13)14)8(10-11)5-2-3-5/h4-5H,2-3H2,1H3,(H,13,14). The Hall–Kier alpha value is -1.65. The molecule has 0 aliphatic heterocycles. The fourth-order valence-corrected chi connectivity index (χ4v) is 1.56. The van der Waals surface area contributed by atoms with Crippen molar-refractivity contribution < 1.29 is 14.7 Å². The summed E-state index contributed by atoms with van der Waals surface area (Å²) >= 11 is 0. The number of rotatable bonds is 3. The van der Waals surface area contributed by atoms with Gasteiger partial charge in [0.05, 0.1) is 5.69 Å². The largest absolute Gasteiger partial charge is 0.478 e. The first kappa shape index (κ1) is 8.93. The van der Waals surface area contributed by atoms with Crippen LogP contribution >= 0.6 is 0 Å². The Morgan fingerprint density at radius 3 is 2.71 bits per heavy atom. The highest BCUT2D eigenvalue weighted by Crippen LogP contribution is 2.41. The molecule has 0 unspecified atom stereocenters. The van der Waals surface area contributed by atoms with E-state index in [1.165, 1.54) is 4.68 Å². The number of aromatic nitrogens is 2. The molecule has 1 aromatic rings. The van der Waals surface area contributed by atoms with Crippen LogP contribution in [-0.2, 0) is 7.05 Å². The zero-order valence-corrected chi connectivity index (χ0v) is 7.73. The molecule has 2 rings (SSSR count). The molecule has 0 saturated heterocycles. The molecule has 1 heterocycles. The first-order valence-electron chi connectivity index (χ1n) is 4.40. The van der Waals surface area contributed by atoms with E-state index in [9.17, 15) is 9.59 Å². The van der Waals surface area contributed by atoms with Crippen LogP contribution in [0, 0.1) is 0 Å². The summed E-state index contributed by atoms with van der Waals surface area (Å²) in [4.78, 5) is 21.6. The lowest BCUT2D eigenvalue weighted by atomic mass is 10.1. The smallest absolute Gasteiger partial charge is 0.339 e. The van der Waals surface area contributed by atoms with E-state index in [0.717, 1.165) is 12.8 Å². The van der Waals surface area contributed by atoms with Crippen LogP contribution in [0.15, 0.2) is 0 Å². The van der Waals surface area contributed by atoms with Gasteiger partial charge in [-0.25, -0.2) is 4.79 Å². The number of aryl methyl sites for hydroxylation is 1. The van der Waals surface area contributed by atoms with Crippen LogP contribution in [0.3, 0.4) is 0 Å². The van der Waals surface area contributed by atoms with Gasteiger partial charge in [0.25, 0.3) is 0 Å². The number of carbonyl (C=O) groups excluding carboxylic acids is 1. The molecule has 0 spiro atoms. The Balaban J connectivity index is 2.59. The average Bonchev–Trinajstić information content (AvgIpc) is 2.89. The lowest BCUT2D eigenvalue weighted by Gasteiger charge is -1.94. The molecule has 1 aliphatic rings. The highest BCUT2D eigenvalue weighted by Gasteiger charge is 2.33. The second-order valence-electron chi connectivity index (χ2n) is 3.47. The van der Waals surface area contributed by atoms with E-state index >= 15 is 0 Å². The van der Waals surface area contributed by atoms with Crippen molar-refractivity contribution in [3.63, 3.8) is 0 Å². The predicted octanol–water partition coefficient (Wildman–Crippen LogP) is 0.808. The number of hydrogen-bond donors (Lipinski definition) is 1. The van der Waals surface area contributed by atoms with Gasteiger partial charge >= 0.3 is 5.97 Å². The Bertz CT molecular complexity index is 404. The van der Waals surface area contributed by atoms with Crippen molar-refractivity contribution in [3.8, 4) is 0 Å². The molecule has 0 bridgehead atoms. The van der Waals surface area contributed by atoms with Crippen LogP contribution in [0.5, 0.6) is 0 Å². The molecular formula is C9H10N2O3. The molecular weight excluding hydrogens is 184 g/mol. The molecule has 74 valence electrons. The minimum atomic E-state index is -1.07. The number of aldehydes is 1.